The molecule has 4 N–H and O–H groups in total. The van der Waals surface area contributed by atoms with Crippen LogP contribution in [0.2, 0.25) is 0 Å². The van der Waals surface area contributed by atoms with Crippen molar-refractivity contribution in [2.75, 3.05) is 6.61 Å². The van der Waals surface area contributed by atoms with Crippen LogP contribution >= 0.6 is 0 Å². The first-order valence-corrected chi connectivity index (χ1v) is 11.7. The fraction of sp³-hybridized carbons (Fsp3) is 0.423. The van der Waals surface area contributed by atoms with Gasteiger partial charge in [0.15, 0.2) is 11.6 Å². The van der Waals surface area contributed by atoms with Gasteiger partial charge in [0, 0.05) is 40.3 Å². The summed E-state index contributed by atoms with van der Waals surface area (Å²) in [6, 6.07) is 7.83. The number of aryl methyl sites for hydroxylation is 1. The van der Waals surface area contributed by atoms with Crippen LogP contribution in [0.1, 0.15) is 53.6 Å². The van der Waals surface area contributed by atoms with Gasteiger partial charge < -0.3 is 20.8 Å². The minimum atomic E-state index is -0.568. The van der Waals surface area contributed by atoms with Gasteiger partial charge in [0.05, 0.1) is 0 Å². The smallest absolute Gasteiger partial charge is 0.249 e. The Labute approximate surface area is 191 Å². The normalized spacial score (nSPS) is 19.0. The number of amides is 1. The third-order valence-corrected chi connectivity index (χ3v) is 7.22. The highest BCUT2D eigenvalue weighted by Crippen LogP contribution is 2.35. The zero-order valence-corrected chi connectivity index (χ0v) is 18.5. The van der Waals surface area contributed by atoms with E-state index in [4.69, 9.17) is 10.5 Å². The maximum absolute atomic E-state index is 14.2. The van der Waals surface area contributed by atoms with E-state index in [1.165, 1.54) is 37.5 Å². The Morgan fingerprint density at radius 1 is 1.24 bits per heavy atom. The Morgan fingerprint density at radius 2 is 2.09 bits per heavy atom. The third-order valence-electron chi connectivity index (χ3n) is 7.22. The van der Waals surface area contributed by atoms with Crippen LogP contribution in [0.25, 0.3) is 10.9 Å². The van der Waals surface area contributed by atoms with Crippen LogP contribution in [0.4, 0.5) is 8.78 Å². The van der Waals surface area contributed by atoms with Crippen LogP contribution in [-0.2, 0) is 12.8 Å². The van der Waals surface area contributed by atoms with Gasteiger partial charge in [-0.15, -0.1) is 0 Å². The number of hydrogen-bond acceptors (Lipinski definition) is 3. The number of H-pyrrole nitrogens is 1. The first kappa shape index (κ1) is 21.9. The highest BCUT2D eigenvalue weighted by atomic mass is 19.1. The van der Waals surface area contributed by atoms with Crippen molar-refractivity contribution in [3.63, 3.8) is 0 Å². The molecule has 1 amide bonds. The molecule has 3 aromatic rings. The molecule has 33 heavy (non-hydrogen) atoms. The largest absolute Gasteiger partial charge is 0.489 e. The number of aromatic amines is 1. The molecule has 5 rings (SSSR count). The predicted octanol–water partition coefficient (Wildman–Crippen LogP) is 4.63. The molecule has 1 aromatic heterocycles. The van der Waals surface area contributed by atoms with E-state index in [9.17, 15) is 13.6 Å². The van der Waals surface area contributed by atoms with Gasteiger partial charge in [-0.3, -0.25) is 4.79 Å². The van der Waals surface area contributed by atoms with E-state index in [-0.39, 0.29) is 17.6 Å². The fourth-order valence-electron chi connectivity index (χ4n) is 5.26. The molecule has 0 bridgehead atoms. The number of carbonyl (C=O) groups is 1. The van der Waals surface area contributed by atoms with Crippen LogP contribution in [0.5, 0.6) is 5.75 Å². The molecular weight excluding hydrogens is 424 g/mol. The second kappa shape index (κ2) is 9.14. The maximum Gasteiger partial charge on any atom is 0.249 e. The Balaban J connectivity index is 1.25. The highest BCUT2D eigenvalue weighted by molar-refractivity contribution is 5.95. The Morgan fingerprint density at radius 3 is 2.85 bits per heavy atom. The lowest BCUT2D eigenvalue weighted by molar-refractivity contribution is 0.0996. The number of carbonyl (C=O) groups excluding carboxylic acids is 1. The van der Waals surface area contributed by atoms with E-state index in [0.29, 0.717) is 36.1 Å². The number of fused-ring (bicyclic) bond motifs is 2. The van der Waals surface area contributed by atoms with Gasteiger partial charge in [-0.05, 0) is 80.3 Å². The number of hydrogen-bond donors (Lipinski definition) is 3. The summed E-state index contributed by atoms with van der Waals surface area (Å²) in [5.74, 6) is -0.492. The van der Waals surface area contributed by atoms with Crippen LogP contribution < -0.4 is 15.8 Å². The van der Waals surface area contributed by atoms with Crippen molar-refractivity contribution in [3.05, 3.63) is 64.9 Å². The lowest BCUT2D eigenvalue weighted by Gasteiger charge is -2.38. The van der Waals surface area contributed by atoms with Crippen LogP contribution in [-0.4, -0.2) is 29.6 Å². The molecule has 174 valence electrons. The Kier molecular flexibility index (Phi) is 6.06. The number of benzene rings is 2. The van der Waals surface area contributed by atoms with Crippen molar-refractivity contribution in [2.45, 2.75) is 57.0 Å². The standard InChI is InChI=1S/C26H29F2N3O2/c27-17-7-10-24-20(11-17)16(13-30-24)5-2-6-23(15-3-1-4-15)31-18-12-21-19(26(29)32)8-9-22(28)25(21)33-14-18/h7-11,13,15,18,23,30-31H,1-6,12,14H2,(H2,29,32)/t18-,23?/m0/s1. The van der Waals surface area contributed by atoms with E-state index in [1.54, 1.807) is 12.1 Å². The molecule has 2 atom stereocenters. The zero-order valence-electron chi connectivity index (χ0n) is 18.5. The first-order chi connectivity index (χ1) is 16.0. The molecule has 2 aromatic carbocycles. The number of nitrogens with one attached hydrogen (secondary N) is 2. The highest BCUT2D eigenvalue weighted by Gasteiger charge is 2.32. The SMILES string of the molecule is NC(=O)c1ccc(F)c2c1C[C@H](NC(CCCc1c[nH]c3ccc(F)cc13)C1CCC1)CO2. The molecule has 1 saturated carbocycles. The lowest BCUT2D eigenvalue weighted by atomic mass is 9.77. The minimum Gasteiger partial charge on any atom is -0.489 e. The maximum atomic E-state index is 14.2. The lowest BCUT2D eigenvalue weighted by Crippen LogP contribution is -2.49. The summed E-state index contributed by atoms with van der Waals surface area (Å²) in [5, 5.41) is 4.69. The molecule has 0 radical (unpaired) electrons. The first-order valence-electron chi connectivity index (χ1n) is 11.7. The quantitative estimate of drug-likeness (QED) is 0.465. The average Bonchev–Trinajstić information content (AvgIpc) is 3.14. The summed E-state index contributed by atoms with van der Waals surface area (Å²) in [6.07, 6.45) is 8.95. The molecule has 0 spiro atoms. The number of halogens is 2. The van der Waals surface area contributed by atoms with Crippen molar-refractivity contribution in [1.82, 2.24) is 10.3 Å². The van der Waals surface area contributed by atoms with Crippen LogP contribution in [0.3, 0.4) is 0 Å². The number of nitrogens with two attached hydrogens (primary N) is 1. The van der Waals surface area contributed by atoms with Crippen molar-refractivity contribution in [1.29, 1.82) is 0 Å². The molecule has 2 aliphatic rings. The number of rotatable bonds is 8. The fourth-order valence-corrected chi connectivity index (χ4v) is 5.26. The molecule has 1 fully saturated rings. The molecule has 7 heteroatoms. The number of ether oxygens (including phenoxy) is 1. The molecule has 2 heterocycles. The van der Waals surface area contributed by atoms with Gasteiger partial charge in [-0.2, -0.15) is 0 Å². The van der Waals surface area contributed by atoms with Gasteiger partial charge >= 0.3 is 0 Å². The van der Waals surface area contributed by atoms with Crippen molar-refractivity contribution < 1.29 is 18.3 Å². The summed E-state index contributed by atoms with van der Waals surface area (Å²) < 4.78 is 33.6. The average molecular weight is 454 g/mol. The monoisotopic (exact) mass is 453 g/mol. The second-order valence-electron chi connectivity index (χ2n) is 9.34. The summed E-state index contributed by atoms with van der Waals surface area (Å²) >= 11 is 0. The topological polar surface area (TPSA) is 80.1 Å². The summed E-state index contributed by atoms with van der Waals surface area (Å²) in [7, 11) is 0. The molecular formula is C26H29F2N3O2. The van der Waals surface area contributed by atoms with E-state index in [1.807, 2.05) is 6.20 Å². The molecule has 1 aliphatic carbocycles. The van der Waals surface area contributed by atoms with Gasteiger partial charge in [-0.25, -0.2) is 8.78 Å². The van der Waals surface area contributed by atoms with Crippen molar-refractivity contribution >= 4 is 16.8 Å². The van der Waals surface area contributed by atoms with Crippen LogP contribution in [0, 0.1) is 17.6 Å². The molecule has 5 nitrogen and oxygen atoms in total. The van der Waals surface area contributed by atoms with Gasteiger partial charge in [0.1, 0.15) is 12.4 Å². The third kappa shape index (κ3) is 4.47. The summed E-state index contributed by atoms with van der Waals surface area (Å²) in [4.78, 5) is 15.1. The van der Waals surface area contributed by atoms with Gasteiger partial charge in [0.2, 0.25) is 5.91 Å². The second-order valence-corrected chi connectivity index (χ2v) is 9.34. The van der Waals surface area contributed by atoms with E-state index in [2.05, 4.69) is 10.3 Å². The number of primary amides is 1. The van der Waals surface area contributed by atoms with E-state index < -0.39 is 11.7 Å². The summed E-state index contributed by atoms with van der Waals surface area (Å²) in [6.45, 7) is 0.358. The Bertz CT molecular complexity index is 1170. The van der Waals surface area contributed by atoms with Crippen molar-refractivity contribution in [3.8, 4) is 5.75 Å². The van der Waals surface area contributed by atoms with E-state index in [0.717, 1.165) is 35.7 Å². The van der Waals surface area contributed by atoms with E-state index >= 15 is 0 Å². The number of aromatic nitrogens is 1. The molecule has 1 unspecified atom stereocenters. The molecule has 0 saturated heterocycles. The van der Waals surface area contributed by atoms with Crippen molar-refractivity contribution in [2.24, 2.45) is 11.7 Å². The van der Waals surface area contributed by atoms with Gasteiger partial charge in [0.25, 0.3) is 0 Å². The zero-order chi connectivity index (χ0) is 22.9. The Hall–Kier alpha value is -2.93. The van der Waals surface area contributed by atoms with Gasteiger partial charge in [-0.1, -0.05) is 6.42 Å². The minimum absolute atomic E-state index is 0.00909. The predicted molar refractivity (Wildman–Crippen MR) is 123 cm³/mol. The molecule has 1 aliphatic heterocycles. The summed E-state index contributed by atoms with van der Waals surface area (Å²) in [5.41, 5.74) is 8.48. The van der Waals surface area contributed by atoms with Crippen LogP contribution in [0.15, 0.2) is 36.5 Å².